The van der Waals surface area contributed by atoms with E-state index in [9.17, 15) is 14.7 Å². The van der Waals surface area contributed by atoms with Crippen molar-refractivity contribution in [3.05, 3.63) is 15.9 Å². The predicted molar refractivity (Wildman–Crippen MR) is 90.7 cm³/mol. The van der Waals surface area contributed by atoms with Crippen LogP contribution in [0.1, 0.15) is 25.3 Å². The Hall–Kier alpha value is -2.17. The third-order valence-corrected chi connectivity index (χ3v) is 4.84. The average molecular weight is 352 g/mol. The molecule has 2 aliphatic heterocycles. The van der Waals surface area contributed by atoms with Crippen LogP contribution in [0.3, 0.4) is 0 Å². The summed E-state index contributed by atoms with van der Waals surface area (Å²) in [6.07, 6.45) is -0.114. The van der Waals surface area contributed by atoms with Crippen LogP contribution in [-0.4, -0.2) is 52.0 Å². The highest BCUT2D eigenvalue weighted by molar-refractivity contribution is 5.80. The topological polar surface area (TPSA) is 168 Å². The molecule has 0 amide bonds. The second-order valence-corrected chi connectivity index (χ2v) is 6.73. The van der Waals surface area contributed by atoms with Crippen LogP contribution < -0.4 is 27.7 Å². The monoisotopic (exact) mass is 352 g/mol. The van der Waals surface area contributed by atoms with Gasteiger partial charge in [-0.25, -0.2) is 4.79 Å². The molecule has 4 atom stereocenters. The number of aromatic nitrogens is 2. The first-order valence-corrected chi connectivity index (χ1v) is 8.36. The van der Waals surface area contributed by atoms with Gasteiger partial charge in [-0.15, -0.1) is 0 Å². The Labute approximate surface area is 144 Å². The van der Waals surface area contributed by atoms with Crippen molar-refractivity contribution in [2.45, 2.75) is 44.1 Å². The molecule has 1 aromatic heterocycles. The Morgan fingerprint density at radius 3 is 2.96 bits per heavy atom. The van der Waals surface area contributed by atoms with E-state index >= 15 is 0 Å². The first kappa shape index (κ1) is 17.6. The highest BCUT2D eigenvalue weighted by atomic mass is 16.6. The second kappa shape index (κ2) is 6.62. The molecule has 3 heterocycles. The minimum Gasteiger partial charge on any atom is -0.458 e. The van der Waals surface area contributed by atoms with Gasteiger partial charge < -0.3 is 26.6 Å². The summed E-state index contributed by atoms with van der Waals surface area (Å²) in [5.74, 6) is -0.430. The lowest BCUT2D eigenvalue weighted by molar-refractivity contribution is -0.163. The summed E-state index contributed by atoms with van der Waals surface area (Å²) in [4.78, 5) is 30.7. The Balaban J connectivity index is 1.66. The number of fused-ring (bicyclic) bond motifs is 1. The number of rotatable bonds is 4. The van der Waals surface area contributed by atoms with Crippen LogP contribution in [0, 0.1) is 5.92 Å². The van der Waals surface area contributed by atoms with Crippen LogP contribution in [-0.2, 0) is 16.0 Å². The van der Waals surface area contributed by atoms with Crippen molar-refractivity contribution in [1.82, 2.24) is 15.3 Å². The van der Waals surface area contributed by atoms with E-state index in [1.54, 1.807) is 6.92 Å². The molecule has 0 bridgehead atoms. The van der Waals surface area contributed by atoms with E-state index in [1.807, 2.05) is 0 Å². The number of esters is 1. The summed E-state index contributed by atoms with van der Waals surface area (Å²) in [5, 5.41) is 16.5. The molecule has 0 unspecified atom stereocenters. The lowest BCUT2D eigenvalue weighted by Crippen LogP contribution is -2.58. The van der Waals surface area contributed by atoms with Crippen molar-refractivity contribution in [1.29, 1.82) is 0 Å². The minimum absolute atomic E-state index is 0.0369. The summed E-state index contributed by atoms with van der Waals surface area (Å²) >= 11 is 0. The molecule has 0 radical (unpaired) electrons. The number of hydrogen-bond acceptors (Lipinski definition) is 9. The Kier molecular flexibility index (Phi) is 4.67. The fraction of sp³-hybridized carbons (Fsp3) is 0.667. The summed E-state index contributed by atoms with van der Waals surface area (Å²) < 4.78 is 5.36. The van der Waals surface area contributed by atoms with Gasteiger partial charge in [0, 0.05) is 12.5 Å². The zero-order chi connectivity index (χ0) is 18.2. The molecule has 138 valence electrons. The molecule has 2 aliphatic rings. The second-order valence-electron chi connectivity index (χ2n) is 6.73. The number of aliphatic hydroxyl groups is 1. The van der Waals surface area contributed by atoms with Crippen LogP contribution in [0.15, 0.2) is 4.79 Å². The van der Waals surface area contributed by atoms with Gasteiger partial charge in [0.1, 0.15) is 11.9 Å². The van der Waals surface area contributed by atoms with E-state index in [0.717, 1.165) is 6.42 Å². The summed E-state index contributed by atoms with van der Waals surface area (Å²) in [6, 6.07) is 0. The molecule has 1 aromatic rings. The summed E-state index contributed by atoms with van der Waals surface area (Å²) in [6.45, 7) is 2.66. The van der Waals surface area contributed by atoms with E-state index in [-0.39, 0.29) is 17.4 Å². The number of nitrogens with two attached hydrogens (primary N) is 2. The SMILES string of the molecule is C[C@H](OC(=O)[C@]1(N)CCCN1)[C@H](O)[C@H]1CNc2nc(N)[nH]c(=O)c2C1. The number of ether oxygens (including phenoxy) is 1. The number of nitrogens with one attached hydrogen (secondary N) is 3. The largest absolute Gasteiger partial charge is 0.458 e. The Morgan fingerprint density at radius 2 is 2.28 bits per heavy atom. The van der Waals surface area contributed by atoms with Crippen molar-refractivity contribution in [2.75, 3.05) is 24.1 Å². The number of hydrogen-bond donors (Lipinski definition) is 6. The quantitative estimate of drug-likeness (QED) is 0.345. The van der Waals surface area contributed by atoms with Crippen molar-refractivity contribution < 1.29 is 14.6 Å². The van der Waals surface area contributed by atoms with Gasteiger partial charge in [0.15, 0.2) is 5.66 Å². The van der Waals surface area contributed by atoms with Gasteiger partial charge in [-0.3, -0.25) is 15.1 Å². The van der Waals surface area contributed by atoms with Gasteiger partial charge in [-0.1, -0.05) is 0 Å². The van der Waals surface area contributed by atoms with Gasteiger partial charge in [0.05, 0.1) is 11.7 Å². The number of nitrogens with zero attached hydrogens (tertiary/aromatic N) is 1. The zero-order valence-electron chi connectivity index (χ0n) is 14.0. The maximum absolute atomic E-state index is 12.2. The van der Waals surface area contributed by atoms with Crippen molar-refractivity contribution >= 4 is 17.7 Å². The summed E-state index contributed by atoms with van der Waals surface area (Å²) in [5.41, 5.74) is 10.4. The number of nitrogen functional groups attached to an aromatic ring is 1. The molecule has 0 aromatic carbocycles. The van der Waals surface area contributed by atoms with E-state index in [1.165, 1.54) is 0 Å². The van der Waals surface area contributed by atoms with Crippen molar-refractivity contribution in [3.8, 4) is 0 Å². The van der Waals surface area contributed by atoms with E-state index in [4.69, 9.17) is 16.2 Å². The first-order chi connectivity index (χ1) is 11.8. The molecule has 0 saturated carbocycles. The molecular weight excluding hydrogens is 328 g/mol. The molecule has 10 heteroatoms. The van der Waals surface area contributed by atoms with Gasteiger partial charge in [0.25, 0.3) is 5.56 Å². The van der Waals surface area contributed by atoms with Gasteiger partial charge in [-0.05, 0) is 32.7 Å². The highest BCUT2D eigenvalue weighted by Crippen LogP contribution is 2.25. The number of aromatic amines is 1. The Morgan fingerprint density at radius 1 is 1.52 bits per heavy atom. The highest BCUT2D eigenvalue weighted by Gasteiger charge is 2.41. The predicted octanol–water partition coefficient (Wildman–Crippen LogP) is -1.73. The number of anilines is 2. The molecule has 1 fully saturated rings. The maximum atomic E-state index is 12.2. The van der Waals surface area contributed by atoms with Gasteiger partial charge >= 0.3 is 5.97 Å². The van der Waals surface area contributed by atoms with Crippen LogP contribution in [0.4, 0.5) is 11.8 Å². The van der Waals surface area contributed by atoms with Crippen LogP contribution in [0.5, 0.6) is 0 Å². The molecule has 0 spiro atoms. The third-order valence-electron chi connectivity index (χ3n) is 4.84. The summed E-state index contributed by atoms with van der Waals surface area (Å²) in [7, 11) is 0. The smallest absolute Gasteiger partial charge is 0.341 e. The van der Waals surface area contributed by atoms with E-state index in [2.05, 4.69) is 20.6 Å². The van der Waals surface area contributed by atoms with Gasteiger partial charge in [0.2, 0.25) is 5.95 Å². The molecule has 1 saturated heterocycles. The number of carbonyl (C=O) groups excluding carboxylic acids is 1. The lowest BCUT2D eigenvalue weighted by Gasteiger charge is -2.32. The maximum Gasteiger partial charge on any atom is 0.341 e. The number of carbonyl (C=O) groups is 1. The third kappa shape index (κ3) is 3.46. The van der Waals surface area contributed by atoms with Gasteiger partial charge in [-0.2, -0.15) is 4.98 Å². The van der Waals surface area contributed by atoms with E-state index < -0.39 is 23.8 Å². The fourth-order valence-corrected chi connectivity index (χ4v) is 3.32. The van der Waals surface area contributed by atoms with Crippen LogP contribution >= 0.6 is 0 Å². The number of H-pyrrole nitrogens is 1. The average Bonchev–Trinajstić information content (AvgIpc) is 3.02. The number of aliphatic hydroxyl groups excluding tert-OH is 1. The first-order valence-electron chi connectivity index (χ1n) is 8.36. The molecule has 0 aliphatic carbocycles. The van der Waals surface area contributed by atoms with Crippen molar-refractivity contribution in [3.63, 3.8) is 0 Å². The van der Waals surface area contributed by atoms with Crippen molar-refractivity contribution in [2.24, 2.45) is 11.7 Å². The molecule has 3 rings (SSSR count). The molecule has 8 N–H and O–H groups in total. The molecular formula is C15H24N6O4. The zero-order valence-corrected chi connectivity index (χ0v) is 14.0. The normalized spacial score (nSPS) is 27.9. The lowest BCUT2D eigenvalue weighted by atomic mass is 9.89. The Bertz CT molecular complexity index is 714. The fourth-order valence-electron chi connectivity index (χ4n) is 3.32. The van der Waals surface area contributed by atoms with Crippen LogP contribution in [0.25, 0.3) is 0 Å². The molecule has 25 heavy (non-hydrogen) atoms. The van der Waals surface area contributed by atoms with Crippen LogP contribution in [0.2, 0.25) is 0 Å². The minimum atomic E-state index is -1.19. The molecule has 10 nitrogen and oxygen atoms in total. The standard InChI is InChI=1S/C15H24N6O4/c1-7(25-13(24)15(17)3-2-4-19-15)10(22)8-5-9-11(18-6-8)20-14(16)21-12(9)23/h7-8,10,19,22H,2-6,17H2,1H3,(H4,16,18,20,21,23)/t7-,8+,10-,15-/m0/s1. The van der Waals surface area contributed by atoms with E-state index in [0.29, 0.717) is 37.3 Å².